The van der Waals surface area contributed by atoms with Crippen molar-refractivity contribution in [2.75, 3.05) is 13.1 Å². The van der Waals surface area contributed by atoms with Gasteiger partial charge in [0.2, 0.25) is 11.8 Å². The van der Waals surface area contributed by atoms with Crippen molar-refractivity contribution in [2.45, 2.75) is 65.0 Å². The first-order valence-electron chi connectivity index (χ1n) is 7.72. The molecule has 0 saturated heterocycles. The second-order valence-electron chi connectivity index (χ2n) is 6.81. The molecule has 0 aliphatic heterocycles. The Labute approximate surface area is 121 Å². The summed E-state index contributed by atoms with van der Waals surface area (Å²) in [7, 11) is 0. The summed E-state index contributed by atoms with van der Waals surface area (Å²) in [5.41, 5.74) is 5.81. The molecule has 0 aromatic carbocycles. The first-order valence-corrected chi connectivity index (χ1v) is 7.72. The van der Waals surface area contributed by atoms with Gasteiger partial charge in [-0.15, -0.1) is 10.2 Å². The fraction of sp³-hybridized carbons (Fsp3) is 0.867. The Morgan fingerprint density at radius 2 is 2.05 bits per heavy atom. The molecule has 20 heavy (non-hydrogen) atoms. The van der Waals surface area contributed by atoms with E-state index in [0.29, 0.717) is 17.9 Å². The largest absolute Gasteiger partial charge is 0.423 e. The van der Waals surface area contributed by atoms with Gasteiger partial charge in [-0.2, -0.15) is 0 Å². The van der Waals surface area contributed by atoms with Gasteiger partial charge in [-0.1, -0.05) is 34.1 Å². The van der Waals surface area contributed by atoms with E-state index < -0.39 is 0 Å². The molecule has 0 radical (unpaired) electrons. The molecule has 2 rings (SSSR count). The van der Waals surface area contributed by atoms with Gasteiger partial charge in [-0.25, -0.2) is 0 Å². The molecular formula is C15H28N4O. The van der Waals surface area contributed by atoms with Crippen LogP contribution < -0.4 is 5.73 Å². The van der Waals surface area contributed by atoms with Crippen LogP contribution in [-0.2, 0) is 12.0 Å². The number of hydrogen-bond donors (Lipinski definition) is 1. The third-order valence-corrected chi connectivity index (χ3v) is 4.24. The van der Waals surface area contributed by atoms with E-state index >= 15 is 0 Å². The third-order valence-electron chi connectivity index (χ3n) is 4.24. The standard InChI is InChI=1S/C15H28N4O/c1-5-19(12-8-6-7-11(12)9-16)10-13-17-18-14(20-13)15(2,3)4/h11-12H,5-10,16H2,1-4H3. The van der Waals surface area contributed by atoms with Crippen molar-refractivity contribution < 1.29 is 4.42 Å². The zero-order valence-corrected chi connectivity index (χ0v) is 13.2. The lowest BCUT2D eigenvalue weighted by atomic mass is 9.97. The third kappa shape index (κ3) is 3.38. The predicted molar refractivity (Wildman–Crippen MR) is 79.3 cm³/mol. The van der Waals surface area contributed by atoms with Crippen molar-refractivity contribution >= 4 is 0 Å². The number of rotatable bonds is 5. The molecule has 1 aromatic rings. The second kappa shape index (κ2) is 6.22. The van der Waals surface area contributed by atoms with E-state index in [0.717, 1.165) is 25.5 Å². The van der Waals surface area contributed by atoms with Crippen LogP contribution >= 0.6 is 0 Å². The Morgan fingerprint density at radius 3 is 2.60 bits per heavy atom. The molecule has 1 saturated carbocycles. The van der Waals surface area contributed by atoms with Crippen molar-refractivity contribution in [1.29, 1.82) is 0 Å². The lowest BCUT2D eigenvalue weighted by Crippen LogP contribution is -2.39. The molecule has 2 atom stereocenters. The van der Waals surface area contributed by atoms with Crippen LogP contribution in [0.1, 0.15) is 58.7 Å². The molecule has 2 unspecified atom stereocenters. The van der Waals surface area contributed by atoms with Gasteiger partial charge in [0.15, 0.2) is 0 Å². The Kier molecular flexibility index (Phi) is 4.81. The monoisotopic (exact) mass is 280 g/mol. The highest BCUT2D eigenvalue weighted by molar-refractivity contribution is 4.96. The minimum absolute atomic E-state index is 0.0879. The van der Waals surface area contributed by atoms with Crippen molar-refractivity contribution in [3.05, 3.63) is 11.8 Å². The fourth-order valence-electron chi connectivity index (χ4n) is 3.03. The summed E-state index contributed by atoms with van der Waals surface area (Å²) in [5.74, 6) is 2.05. The van der Waals surface area contributed by atoms with Crippen LogP contribution in [0.2, 0.25) is 0 Å². The van der Waals surface area contributed by atoms with E-state index in [1.165, 1.54) is 19.3 Å². The summed E-state index contributed by atoms with van der Waals surface area (Å²) in [6, 6.07) is 0.565. The minimum Gasteiger partial charge on any atom is -0.423 e. The summed E-state index contributed by atoms with van der Waals surface area (Å²) >= 11 is 0. The van der Waals surface area contributed by atoms with Gasteiger partial charge in [0, 0.05) is 11.5 Å². The lowest BCUT2D eigenvalue weighted by Gasteiger charge is -2.30. The van der Waals surface area contributed by atoms with E-state index in [2.05, 4.69) is 42.8 Å². The zero-order valence-electron chi connectivity index (χ0n) is 13.2. The lowest BCUT2D eigenvalue weighted by molar-refractivity contribution is 0.146. The normalized spacial score (nSPS) is 23.7. The summed E-state index contributed by atoms with van der Waals surface area (Å²) < 4.78 is 5.81. The van der Waals surface area contributed by atoms with E-state index in [1.807, 2.05) is 0 Å². The van der Waals surface area contributed by atoms with Gasteiger partial charge >= 0.3 is 0 Å². The quantitative estimate of drug-likeness (QED) is 0.896. The van der Waals surface area contributed by atoms with Crippen LogP contribution in [0.5, 0.6) is 0 Å². The van der Waals surface area contributed by atoms with Gasteiger partial charge in [0.25, 0.3) is 0 Å². The molecule has 0 bridgehead atoms. The molecule has 114 valence electrons. The number of nitrogens with two attached hydrogens (primary N) is 1. The van der Waals surface area contributed by atoms with Gasteiger partial charge in [0.05, 0.1) is 6.54 Å². The van der Waals surface area contributed by atoms with Crippen molar-refractivity contribution in [3.63, 3.8) is 0 Å². The van der Waals surface area contributed by atoms with E-state index in [4.69, 9.17) is 10.2 Å². The molecule has 5 nitrogen and oxygen atoms in total. The average molecular weight is 280 g/mol. The maximum Gasteiger partial charge on any atom is 0.230 e. The van der Waals surface area contributed by atoms with Gasteiger partial charge < -0.3 is 10.2 Å². The molecular weight excluding hydrogens is 252 g/mol. The van der Waals surface area contributed by atoms with Crippen LogP contribution in [0.4, 0.5) is 0 Å². The zero-order chi connectivity index (χ0) is 14.8. The Morgan fingerprint density at radius 1 is 1.30 bits per heavy atom. The Balaban J connectivity index is 2.05. The first kappa shape index (κ1) is 15.4. The number of hydrogen-bond acceptors (Lipinski definition) is 5. The molecule has 0 amide bonds. The molecule has 5 heteroatoms. The molecule has 1 aliphatic carbocycles. The van der Waals surface area contributed by atoms with E-state index in [1.54, 1.807) is 0 Å². The van der Waals surface area contributed by atoms with Crippen LogP contribution in [0.25, 0.3) is 0 Å². The molecule has 2 N–H and O–H groups in total. The van der Waals surface area contributed by atoms with Crippen molar-refractivity contribution in [1.82, 2.24) is 15.1 Å². The highest BCUT2D eigenvalue weighted by atomic mass is 16.4. The van der Waals surface area contributed by atoms with Crippen molar-refractivity contribution in [2.24, 2.45) is 11.7 Å². The van der Waals surface area contributed by atoms with E-state index in [-0.39, 0.29) is 5.41 Å². The SMILES string of the molecule is CCN(Cc1nnc(C(C)(C)C)o1)C1CCCC1CN. The highest BCUT2D eigenvalue weighted by Gasteiger charge is 2.31. The molecule has 1 aliphatic rings. The fourth-order valence-corrected chi connectivity index (χ4v) is 3.03. The van der Waals surface area contributed by atoms with E-state index in [9.17, 15) is 0 Å². The Hall–Kier alpha value is -0.940. The average Bonchev–Trinajstić information content (AvgIpc) is 3.03. The number of nitrogens with zero attached hydrogens (tertiary/aromatic N) is 3. The van der Waals surface area contributed by atoms with Gasteiger partial charge in [-0.3, -0.25) is 4.90 Å². The summed E-state index contributed by atoms with van der Waals surface area (Å²) in [4.78, 5) is 2.44. The molecule has 0 spiro atoms. The maximum absolute atomic E-state index is 5.89. The van der Waals surface area contributed by atoms with Crippen LogP contribution in [0.3, 0.4) is 0 Å². The summed E-state index contributed by atoms with van der Waals surface area (Å²) in [6.45, 7) is 11.0. The van der Waals surface area contributed by atoms with Crippen LogP contribution in [0, 0.1) is 5.92 Å². The van der Waals surface area contributed by atoms with Crippen LogP contribution in [-0.4, -0.2) is 34.2 Å². The highest BCUT2D eigenvalue weighted by Crippen LogP contribution is 2.30. The van der Waals surface area contributed by atoms with Crippen LogP contribution in [0.15, 0.2) is 4.42 Å². The molecule has 1 aromatic heterocycles. The molecule has 1 heterocycles. The predicted octanol–water partition coefficient (Wildman–Crippen LogP) is 2.32. The molecule has 1 fully saturated rings. The minimum atomic E-state index is -0.0879. The second-order valence-corrected chi connectivity index (χ2v) is 6.81. The summed E-state index contributed by atoms with van der Waals surface area (Å²) in [5, 5.41) is 8.38. The van der Waals surface area contributed by atoms with Gasteiger partial charge in [0.1, 0.15) is 0 Å². The topological polar surface area (TPSA) is 68.2 Å². The Bertz CT molecular complexity index is 424. The smallest absolute Gasteiger partial charge is 0.230 e. The number of aromatic nitrogens is 2. The van der Waals surface area contributed by atoms with Gasteiger partial charge in [-0.05, 0) is 31.8 Å². The van der Waals surface area contributed by atoms with Crippen molar-refractivity contribution in [3.8, 4) is 0 Å². The first-order chi connectivity index (χ1) is 9.45. The maximum atomic E-state index is 5.89. The summed E-state index contributed by atoms with van der Waals surface area (Å²) in [6.07, 6.45) is 3.75.